The van der Waals surface area contributed by atoms with E-state index in [1.165, 1.54) is 0 Å². The summed E-state index contributed by atoms with van der Waals surface area (Å²) in [4.78, 5) is 11.0. The van der Waals surface area contributed by atoms with Gasteiger partial charge in [0.25, 0.3) is 0 Å². The van der Waals surface area contributed by atoms with Crippen LogP contribution >= 0.6 is 15.9 Å². The minimum atomic E-state index is -4.08. The molecule has 0 radical (unpaired) electrons. The Kier molecular flexibility index (Phi) is 4.94. The predicted molar refractivity (Wildman–Crippen MR) is 75.3 cm³/mol. The Labute approximate surface area is 125 Å². The minimum absolute atomic E-state index is 0.0306. The highest BCUT2D eigenvalue weighted by Crippen LogP contribution is 2.26. The Balaban J connectivity index is 3.20. The van der Waals surface area contributed by atoms with Gasteiger partial charge in [-0.15, -0.1) is 0 Å². The van der Waals surface area contributed by atoms with Crippen LogP contribution in [0.5, 0.6) is 0 Å². The molecule has 0 aliphatic carbocycles. The Hall–Kier alpha value is -0.990. The van der Waals surface area contributed by atoms with E-state index >= 15 is 0 Å². The molecule has 0 saturated carbocycles. The molecule has 112 valence electrons. The van der Waals surface area contributed by atoms with Gasteiger partial charge in [-0.25, -0.2) is 12.8 Å². The van der Waals surface area contributed by atoms with Crippen molar-refractivity contribution in [2.24, 2.45) is 5.41 Å². The fourth-order valence-corrected chi connectivity index (χ4v) is 3.95. The first-order valence-electron chi connectivity index (χ1n) is 5.65. The number of rotatable bonds is 4. The number of nitrogens with one attached hydrogen (secondary N) is 1. The zero-order valence-electron chi connectivity index (χ0n) is 11.1. The van der Waals surface area contributed by atoms with Crippen molar-refractivity contribution in [2.75, 3.05) is 0 Å². The lowest BCUT2D eigenvalue weighted by Crippen LogP contribution is -2.49. The van der Waals surface area contributed by atoms with Crippen molar-refractivity contribution in [1.29, 1.82) is 0 Å². The van der Waals surface area contributed by atoms with Crippen LogP contribution in [0, 0.1) is 11.2 Å². The second-order valence-corrected chi connectivity index (χ2v) is 7.87. The summed E-state index contributed by atoms with van der Waals surface area (Å²) >= 11 is 2.95. The molecule has 0 heterocycles. The maximum atomic E-state index is 13.0. The number of hydrogen-bond acceptors (Lipinski definition) is 3. The van der Waals surface area contributed by atoms with E-state index in [0.29, 0.717) is 0 Å². The molecule has 8 heteroatoms. The molecule has 0 spiro atoms. The molecule has 1 aromatic carbocycles. The van der Waals surface area contributed by atoms with E-state index in [2.05, 4.69) is 20.7 Å². The van der Waals surface area contributed by atoms with Crippen LogP contribution in [-0.4, -0.2) is 25.5 Å². The van der Waals surface area contributed by atoms with Crippen LogP contribution in [0.15, 0.2) is 27.6 Å². The molecule has 20 heavy (non-hydrogen) atoms. The van der Waals surface area contributed by atoms with Crippen LogP contribution in [0.25, 0.3) is 0 Å². The number of carboxylic acids is 1. The number of aliphatic carboxylic acids is 1. The van der Waals surface area contributed by atoms with Gasteiger partial charge in [-0.2, -0.15) is 4.72 Å². The summed E-state index contributed by atoms with van der Waals surface area (Å²) < 4.78 is 39.5. The Morgan fingerprint density at radius 3 is 2.35 bits per heavy atom. The topological polar surface area (TPSA) is 83.5 Å². The fourth-order valence-electron chi connectivity index (χ4n) is 1.51. The van der Waals surface area contributed by atoms with Crippen molar-refractivity contribution in [1.82, 2.24) is 4.72 Å². The van der Waals surface area contributed by atoms with Gasteiger partial charge < -0.3 is 5.11 Å². The predicted octanol–water partition coefficient (Wildman–Crippen LogP) is 2.37. The first-order chi connectivity index (χ1) is 8.95. The maximum Gasteiger partial charge on any atom is 0.322 e. The smallest absolute Gasteiger partial charge is 0.322 e. The number of hydrogen-bond donors (Lipinski definition) is 2. The lowest BCUT2D eigenvalue weighted by Gasteiger charge is -2.27. The van der Waals surface area contributed by atoms with Crippen LogP contribution in [-0.2, 0) is 14.8 Å². The van der Waals surface area contributed by atoms with Crippen LogP contribution < -0.4 is 4.72 Å². The summed E-state index contributed by atoms with van der Waals surface area (Å²) in [5, 5.41) is 9.13. The largest absolute Gasteiger partial charge is 0.480 e. The molecule has 2 N–H and O–H groups in total. The van der Waals surface area contributed by atoms with Crippen molar-refractivity contribution in [3.8, 4) is 0 Å². The van der Waals surface area contributed by atoms with E-state index in [9.17, 15) is 17.6 Å². The molecule has 1 rings (SSSR count). The highest BCUT2D eigenvalue weighted by molar-refractivity contribution is 9.10. The van der Waals surface area contributed by atoms with Crippen molar-refractivity contribution in [3.05, 3.63) is 28.5 Å². The molecular weight excluding hydrogens is 353 g/mol. The normalized spacial score (nSPS) is 14.1. The summed E-state index contributed by atoms with van der Waals surface area (Å²) in [6.45, 7) is 4.82. The molecule has 5 nitrogen and oxygen atoms in total. The molecule has 0 amide bonds. The molecule has 1 atom stereocenters. The maximum absolute atomic E-state index is 13.0. The average Bonchev–Trinajstić information content (AvgIpc) is 2.23. The van der Waals surface area contributed by atoms with E-state index in [-0.39, 0.29) is 9.37 Å². The highest BCUT2D eigenvalue weighted by Gasteiger charge is 2.35. The third-order valence-corrected chi connectivity index (χ3v) is 4.97. The second kappa shape index (κ2) is 5.79. The summed E-state index contributed by atoms with van der Waals surface area (Å²) in [5.74, 6) is -1.87. The van der Waals surface area contributed by atoms with Gasteiger partial charge in [0.1, 0.15) is 11.9 Å². The SMILES string of the molecule is CC(C)(C)[C@H](NS(=O)(=O)c1ccc(F)cc1Br)C(=O)O. The van der Waals surface area contributed by atoms with Crippen LogP contribution in [0.2, 0.25) is 0 Å². The van der Waals surface area contributed by atoms with Crippen molar-refractivity contribution < 1.29 is 22.7 Å². The molecular formula is C12H15BrFNO4S. The summed E-state index contributed by atoms with van der Waals surface area (Å²) in [7, 11) is -4.08. The van der Waals surface area contributed by atoms with Gasteiger partial charge in [-0.05, 0) is 39.5 Å². The first-order valence-corrected chi connectivity index (χ1v) is 7.93. The third kappa shape index (κ3) is 4.00. The summed E-state index contributed by atoms with van der Waals surface area (Å²) in [5.41, 5.74) is -0.814. The summed E-state index contributed by atoms with van der Waals surface area (Å²) in [6, 6.07) is 1.76. The molecule has 0 bridgehead atoms. The average molecular weight is 368 g/mol. The van der Waals surface area contributed by atoms with Gasteiger partial charge in [0.05, 0.1) is 4.90 Å². The standard InChI is InChI=1S/C12H15BrFNO4S/c1-12(2,3)10(11(16)17)15-20(18,19)9-5-4-7(14)6-8(9)13/h4-6,10,15H,1-3H3,(H,16,17)/t10-/m1/s1. The van der Waals surface area contributed by atoms with Gasteiger partial charge in [-0.1, -0.05) is 20.8 Å². The number of carboxylic acid groups (broad SMARTS) is 1. The van der Waals surface area contributed by atoms with Crippen molar-refractivity contribution in [2.45, 2.75) is 31.7 Å². The summed E-state index contributed by atoms with van der Waals surface area (Å²) in [6.07, 6.45) is 0. The first kappa shape index (κ1) is 17.1. The molecule has 0 aliphatic rings. The van der Waals surface area contributed by atoms with Crippen LogP contribution in [0.1, 0.15) is 20.8 Å². The van der Waals surface area contributed by atoms with Crippen molar-refractivity contribution in [3.63, 3.8) is 0 Å². The van der Waals surface area contributed by atoms with Crippen LogP contribution in [0.3, 0.4) is 0 Å². The van der Waals surface area contributed by atoms with Gasteiger partial charge in [0, 0.05) is 4.47 Å². The Morgan fingerprint density at radius 2 is 1.95 bits per heavy atom. The molecule has 0 aromatic heterocycles. The number of sulfonamides is 1. The quantitative estimate of drug-likeness (QED) is 0.855. The zero-order chi connectivity index (χ0) is 15.7. The number of benzene rings is 1. The lowest BCUT2D eigenvalue weighted by atomic mass is 9.88. The van der Waals surface area contributed by atoms with Gasteiger partial charge in [0.2, 0.25) is 10.0 Å². The molecule has 0 saturated heterocycles. The van der Waals surface area contributed by atoms with Crippen LogP contribution in [0.4, 0.5) is 4.39 Å². The Bertz CT molecular complexity index is 625. The van der Waals surface area contributed by atoms with E-state index in [1.54, 1.807) is 20.8 Å². The van der Waals surface area contributed by atoms with Gasteiger partial charge in [0.15, 0.2) is 0 Å². The molecule has 0 unspecified atom stereocenters. The van der Waals surface area contributed by atoms with Gasteiger partial charge >= 0.3 is 5.97 Å². The monoisotopic (exact) mass is 367 g/mol. The Morgan fingerprint density at radius 1 is 1.40 bits per heavy atom. The van der Waals surface area contributed by atoms with E-state index < -0.39 is 33.3 Å². The minimum Gasteiger partial charge on any atom is -0.480 e. The number of carbonyl (C=O) groups is 1. The molecule has 1 aromatic rings. The van der Waals surface area contributed by atoms with Crippen molar-refractivity contribution >= 4 is 31.9 Å². The van der Waals surface area contributed by atoms with E-state index in [0.717, 1.165) is 18.2 Å². The fraction of sp³-hybridized carbons (Fsp3) is 0.417. The molecule has 0 fully saturated rings. The highest BCUT2D eigenvalue weighted by atomic mass is 79.9. The molecule has 0 aliphatic heterocycles. The number of halogens is 2. The van der Waals surface area contributed by atoms with E-state index in [4.69, 9.17) is 5.11 Å². The zero-order valence-corrected chi connectivity index (χ0v) is 13.5. The third-order valence-electron chi connectivity index (χ3n) is 2.57. The lowest BCUT2D eigenvalue weighted by molar-refractivity contribution is -0.141. The van der Waals surface area contributed by atoms with Gasteiger partial charge in [-0.3, -0.25) is 4.79 Å². The van der Waals surface area contributed by atoms with E-state index in [1.807, 2.05) is 0 Å². The second-order valence-electron chi connectivity index (χ2n) is 5.33.